The van der Waals surface area contributed by atoms with Crippen molar-refractivity contribution in [2.45, 2.75) is 32.4 Å². The SMILES string of the molecule is Cc1cccc2c1N(CC(=O)NCc1ccc(N(C)C)cc1)C(=O)C1CCCN1C2=O. The van der Waals surface area contributed by atoms with Crippen LogP contribution in [0.1, 0.15) is 34.3 Å². The van der Waals surface area contributed by atoms with Crippen LogP contribution in [0.5, 0.6) is 0 Å². The summed E-state index contributed by atoms with van der Waals surface area (Å²) >= 11 is 0. The van der Waals surface area contributed by atoms with Gasteiger partial charge in [0.05, 0.1) is 11.3 Å². The highest BCUT2D eigenvalue weighted by Crippen LogP contribution is 2.34. The molecule has 1 N–H and O–H groups in total. The van der Waals surface area contributed by atoms with Crippen molar-refractivity contribution in [2.24, 2.45) is 0 Å². The Morgan fingerprint density at radius 2 is 1.87 bits per heavy atom. The summed E-state index contributed by atoms with van der Waals surface area (Å²) in [6.07, 6.45) is 1.43. The Labute approximate surface area is 182 Å². The maximum atomic E-state index is 13.3. The standard InChI is InChI=1S/C24H28N4O3/c1-16-6-4-7-19-22(16)28(24(31)20-8-5-13-27(20)23(19)30)15-21(29)25-14-17-9-11-18(12-10-17)26(2)3/h4,6-7,9-12,20H,5,8,13-15H2,1-3H3,(H,25,29). The monoisotopic (exact) mass is 420 g/mol. The molecule has 2 aromatic carbocycles. The Hall–Kier alpha value is -3.35. The molecule has 7 heteroatoms. The molecule has 0 radical (unpaired) electrons. The van der Waals surface area contributed by atoms with Crippen molar-refractivity contribution in [3.05, 3.63) is 59.2 Å². The van der Waals surface area contributed by atoms with Gasteiger partial charge < -0.3 is 20.0 Å². The van der Waals surface area contributed by atoms with Crippen LogP contribution in [-0.2, 0) is 16.1 Å². The first-order valence-corrected chi connectivity index (χ1v) is 10.6. The summed E-state index contributed by atoms with van der Waals surface area (Å²) in [4.78, 5) is 44.4. The highest BCUT2D eigenvalue weighted by molar-refractivity contribution is 6.13. The highest BCUT2D eigenvalue weighted by atomic mass is 16.2. The van der Waals surface area contributed by atoms with Gasteiger partial charge in [0.1, 0.15) is 12.6 Å². The van der Waals surface area contributed by atoms with Crippen molar-refractivity contribution in [1.29, 1.82) is 0 Å². The fourth-order valence-corrected chi connectivity index (χ4v) is 4.37. The maximum Gasteiger partial charge on any atom is 0.256 e. The minimum atomic E-state index is -0.495. The number of para-hydroxylation sites is 1. The number of nitrogens with one attached hydrogen (secondary N) is 1. The molecule has 3 amide bonds. The lowest BCUT2D eigenvalue weighted by Gasteiger charge is -2.26. The molecule has 1 fully saturated rings. The van der Waals surface area contributed by atoms with Crippen LogP contribution in [-0.4, -0.2) is 55.8 Å². The van der Waals surface area contributed by atoms with E-state index in [1.807, 2.05) is 62.3 Å². The molecule has 162 valence electrons. The molecule has 0 spiro atoms. The van der Waals surface area contributed by atoms with E-state index in [9.17, 15) is 14.4 Å². The lowest BCUT2D eigenvalue weighted by atomic mass is 10.1. The van der Waals surface area contributed by atoms with Gasteiger partial charge in [-0.1, -0.05) is 24.3 Å². The van der Waals surface area contributed by atoms with Crippen LogP contribution in [0.25, 0.3) is 0 Å². The van der Waals surface area contributed by atoms with Crippen LogP contribution >= 0.6 is 0 Å². The van der Waals surface area contributed by atoms with Gasteiger partial charge in [0.2, 0.25) is 11.8 Å². The first-order chi connectivity index (χ1) is 14.9. The number of fused-ring (bicyclic) bond motifs is 2. The lowest BCUT2D eigenvalue weighted by Crippen LogP contribution is -2.48. The van der Waals surface area contributed by atoms with Gasteiger partial charge in [-0.3, -0.25) is 14.4 Å². The summed E-state index contributed by atoms with van der Waals surface area (Å²) in [6.45, 7) is 2.71. The molecule has 1 unspecified atom stereocenters. The molecule has 7 nitrogen and oxygen atoms in total. The van der Waals surface area contributed by atoms with Gasteiger partial charge in [0.25, 0.3) is 5.91 Å². The molecule has 31 heavy (non-hydrogen) atoms. The molecule has 0 bridgehead atoms. The molecule has 2 heterocycles. The molecular formula is C24H28N4O3. The topological polar surface area (TPSA) is 73.0 Å². The van der Waals surface area contributed by atoms with Gasteiger partial charge in [-0.2, -0.15) is 0 Å². The number of carbonyl (C=O) groups excluding carboxylic acids is 3. The Morgan fingerprint density at radius 3 is 2.58 bits per heavy atom. The smallest absolute Gasteiger partial charge is 0.256 e. The molecule has 2 aliphatic heterocycles. The summed E-state index contributed by atoms with van der Waals surface area (Å²) in [5.74, 6) is -0.555. The normalized spacial score (nSPS) is 17.8. The number of aryl methyl sites for hydroxylation is 1. The zero-order valence-corrected chi connectivity index (χ0v) is 18.2. The minimum absolute atomic E-state index is 0.107. The van der Waals surface area contributed by atoms with Crippen molar-refractivity contribution >= 4 is 29.1 Å². The molecule has 2 aliphatic rings. The van der Waals surface area contributed by atoms with Crippen molar-refractivity contribution in [2.75, 3.05) is 37.0 Å². The number of rotatable bonds is 5. The predicted octanol–water partition coefficient (Wildman–Crippen LogP) is 2.33. The number of benzene rings is 2. The van der Waals surface area contributed by atoms with Gasteiger partial charge in [-0.05, 0) is 49.1 Å². The van der Waals surface area contributed by atoms with Crippen molar-refractivity contribution in [3.8, 4) is 0 Å². The molecule has 0 saturated carbocycles. The van der Waals surface area contributed by atoms with E-state index < -0.39 is 6.04 Å². The minimum Gasteiger partial charge on any atom is -0.378 e. The Bertz CT molecular complexity index is 1020. The predicted molar refractivity (Wildman–Crippen MR) is 120 cm³/mol. The molecule has 0 aromatic heterocycles. The summed E-state index contributed by atoms with van der Waals surface area (Å²) in [6, 6.07) is 12.9. The van der Waals surface area contributed by atoms with Crippen molar-refractivity contribution in [3.63, 3.8) is 0 Å². The Balaban J connectivity index is 1.53. The molecular weight excluding hydrogens is 392 g/mol. The van der Waals surface area contributed by atoms with Gasteiger partial charge in [0, 0.05) is 32.9 Å². The molecule has 1 saturated heterocycles. The number of carbonyl (C=O) groups is 3. The maximum absolute atomic E-state index is 13.3. The molecule has 1 atom stereocenters. The fourth-order valence-electron chi connectivity index (χ4n) is 4.37. The fraction of sp³-hybridized carbons (Fsp3) is 0.375. The van der Waals surface area contributed by atoms with Crippen LogP contribution in [0.2, 0.25) is 0 Å². The number of hydrogen-bond donors (Lipinski definition) is 1. The van der Waals surface area contributed by atoms with E-state index in [-0.39, 0.29) is 24.3 Å². The largest absolute Gasteiger partial charge is 0.378 e. The van der Waals surface area contributed by atoms with Crippen LogP contribution in [0, 0.1) is 6.92 Å². The summed E-state index contributed by atoms with van der Waals surface area (Å²) in [7, 11) is 3.95. The zero-order chi connectivity index (χ0) is 22.1. The Kier molecular flexibility index (Phi) is 5.67. The lowest BCUT2D eigenvalue weighted by molar-refractivity contribution is -0.125. The van der Waals surface area contributed by atoms with E-state index in [0.717, 1.165) is 23.2 Å². The van der Waals surface area contributed by atoms with E-state index in [0.29, 0.717) is 30.8 Å². The second kappa shape index (κ2) is 8.41. The van der Waals surface area contributed by atoms with E-state index in [4.69, 9.17) is 0 Å². The van der Waals surface area contributed by atoms with Crippen LogP contribution in [0.4, 0.5) is 11.4 Å². The highest BCUT2D eigenvalue weighted by Gasteiger charge is 2.42. The summed E-state index contributed by atoms with van der Waals surface area (Å²) in [5.41, 5.74) is 3.92. The van der Waals surface area contributed by atoms with E-state index in [1.165, 1.54) is 4.90 Å². The molecule has 2 aromatic rings. The van der Waals surface area contributed by atoms with Crippen molar-refractivity contribution in [1.82, 2.24) is 10.2 Å². The van der Waals surface area contributed by atoms with E-state index in [2.05, 4.69) is 5.32 Å². The van der Waals surface area contributed by atoms with Gasteiger partial charge >= 0.3 is 0 Å². The van der Waals surface area contributed by atoms with Gasteiger partial charge in [-0.15, -0.1) is 0 Å². The average molecular weight is 421 g/mol. The van der Waals surface area contributed by atoms with Crippen LogP contribution in [0.15, 0.2) is 42.5 Å². The van der Waals surface area contributed by atoms with E-state index >= 15 is 0 Å². The molecule has 0 aliphatic carbocycles. The zero-order valence-electron chi connectivity index (χ0n) is 18.2. The third kappa shape index (κ3) is 4.00. The Morgan fingerprint density at radius 1 is 1.13 bits per heavy atom. The van der Waals surface area contributed by atoms with Crippen LogP contribution < -0.4 is 15.1 Å². The van der Waals surface area contributed by atoms with Crippen molar-refractivity contribution < 1.29 is 14.4 Å². The van der Waals surface area contributed by atoms with E-state index in [1.54, 1.807) is 11.0 Å². The second-order valence-corrected chi connectivity index (χ2v) is 8.39. The third-order valence-corrected chi connectivity index (χ3v) is 6.05. The average Bonchev–Trinajstić information content (AvgIpc) is 3.23. The van der Waals surface area contributed by atoms with Gasteiger partial charge in [-0.25, -0.2) is 0 Å². The quantitative estimate of drug-likeness (QED) is 0.806. The number of amides is 3. The number of hydrogen-bond acceptors (Lipinski definition) is 4. The molecule has 4 rings (SSSR count). The second-order valence-electron chi connectivity index (χ2n) is 8.39. The third-order valence-electron chi connectivity index (χ3n) is 6.05. The number of anilines is 2. The summed E-state index contributed by atoms with van der Waals surface area (Å²) < 4.78 is 0. The first-order valence-electron chi connectivity index (χ1n) is 10.6. The summed E-state index contributed by atoms with van der Waals surface area (Å²) in [5, 5.41) is 2.91. The van der Waals surface area contributed by atoms with Crippen LogP contribution in [0.3, 0.4) is 0 Å². The first kappa shape index (κ1) is 20.9. The van der Waals surface area contributed by atoms with Gasteiger partial charge in [0.15, 0.2) is 0 Å². The number of nitrogens with zero attached hydrogens (tertiary/aromatic N) is 3.